The van der Waals surface area contributed by atoms with Crippen LogP contribution in [0.1, 0.15) is 47.4 Å². The number of fused-ring (bicyclic) bond motifs is 3. The lowest BCUT2D eigenvalue weighted by Crippen LogP contribution is -2.26. The van der Waals surface area contributed by atoms with Crippen molar-refractivity contribution in [3.8, 4) is 0 Å². The van der Waals surface area contributed by atoms with Gasteiger partial charge in [0.25, 0.3) is 0 Å². The van der Waals surface area contributed by atoms with E-state index in [1.54, 1.807) is 0 Å². The summed E-state index contributed by atoms with van der Waals surface area (Å²) in [6.45, 7) is 0. The Kier molecular flexibility index (Phi) is 4.88. The number of rotatable bonds is 4. The second-order valence-electron chi connectivity index (χ2n) is 8.92. The van der Waals surface area contributed by atoms with Crippen molar-refractivity contribution >= 4 is 23.0 Å². The van der Waals surface area contributed by atoms with Crippen LogP contribution in [0.3, 0.4) is 0 Å². The van der Waals surface area contributed by atoms with Gasteiger partial charge >= 0.3 is 0 Å². The Morgan fingerprint density at radius 2 is 1.28 bits per heavy atom. The van der Waals surface area contributed by atoms with Crippen molar-refractivity contribution in [2.24, 2.45) is 0 Å². The molecule has 32 heavy (non-hydrogen) atoms. The summed E-state index contributed by atoms with van der Waals surface area (Å²) in [7, 11) is 0. The molecule has 0 radical (unpaired) electrons. The molecular weight excluding hydrogens is 386 g/mol. The van der Waals surface area contributed by atoms with Crippen molar-refractivity contribution in [2.45, 2.75) is 31.2 Å². The van der Waals surface area contributed by atoms with E-state index in [4.69, 9.17) is 0 Å². The normalized spacial score (nSPS) is 18.8. The van der Waals surface area contributed by atoms with Gasteiger partial charge in [-0.3, -0.25) is 0 Å². The molecule has 156 valence electrons. The third-order valence-electron chi connectivity index (χ3n) is 7.06. The highest BCUT2D eigenvalue weighted by Gasteiger charge is 2.41. The van der Waals surface area contributed by atoms with Gasteiger partial charge < -0.3 is 4.90 Å². The Bertz CT molecular complexity index is 1200. The lowest BCUT2D eigenvalue weighted by Gasteiger charge is -2.27. The van der Waals surface area contributed by atoms with Crippen molar-refractivity contribution < 1.29 is 0 Å². The number of nitrogens with zero attached hydrogens (tertiary/aromatic N) is 1. The standard InChI is InChI=1S/C31H27N/c1-3-10-24(11-4-1)29(25-12-5-2-6-13-25)22-23-18-20-26(21-19-23)32-30-16-8-7-14-27(30)28-15-9-17-31(28)32/h1-8,10-14,16,18-22,28,31H,9,15,17H2/t28-,31-/m0/s1. The maximum absolute atomic E-state index is 2.59. The molecule has 1 aliphatic carbocycles. The summed E-state index contributed by atoms with van der Waals surface area (Å²) in [5.41, 5.74) is 9.21. The predicted molar refractivity (Wildman–Crippen MR) is 135 cm³/mol. The van der Waals surface area contributed by atoms with Gasteiger partial charge in [0.2, 0.25) is 0 Å². The second-order valence-corrected chi connectivity index (χ2v) is 8.92. The van der Waals surface area contributed by atoms with E-state index in [1.165, 1.54) is 58.5 Å². The van der Waals surface area contributed by atoms with Gasteiger partial charge in [-0.1, -0.05) is 97.4 Å². The highest BCUT2D eigenvalue weighted by Crippen LogP contribution is 2.52. The quantitative estimate of drug-likeness (QED) is 0.306. The first kappa shape index (κ1) is 19.1. The summed E-state index contributed by atoms with van der Waals surface area (Å²) in [6, 6.07) is 40.1. The molecule has 0 unspecified atom stereocenters. The van der Waals surface area contributed by atoms with Crippen molar-refractivity contribution in [2.75, 3.05) is 4.90 Å². The molecule has 1 fully saturated rings. The van der Waals surface area contributed by atoms with Gasteiger partial charge in [0.05, 0.1) is 0 Å². The minimum atomic E-state index is 0.609. The summed E-state index contributed by atoms with van der Waals surface area (Å²) in [6.07, 6.45) is 6.24. The van der Waals surface area contributed by atoms with E-state index in [1.807, 2.05) is 0 Å². The van der Waals surface area contributed by atoms with E-state index in [-0.39, 0.29) is 0 Å². The largest absolute Gasteiger partial charge is 0.338 e. The molecule has 2 atom stereocenters. The summed E-state index contributed by atoms with van der Waals surface area (Å²) < 4.78 is 0. The molecule has 0 saturated heterocycles. The molecule has 1 saturated carbocycles. The molecule has 0 aromatic heterocycles. The first-order valence-corrected chi connectivity index (χ1v) is 11.7. The molecule has 2 aliphatic rings. The molecule has 6 rings (SSSR count). The van der Waals surface area contributed by atoms with Gasteiger partial charge in [0.15, 0.2) is 0 Å². The van der Waals surface area contributed by atoms with Gasteiger partial charge in [-0.15, -0.1) is 0 Å². The molecule has 4 aromatic rings. The van der Waals surface area contributed by atoms with Gasteiger partial charge in [0, 0.05) is 23.3 Å². The van der Waals surface area contributed by atoms with Crippen LogP contribution in [0.15, 0.2) is 109 Å². The number of benzene rings is 4. The van der Waals surface area contributed by atoms with Crippen LogP contribution < -0.4 is 4.90 Å². The fraction of sp³-hybridized carbons (Fsp3) is 0.161. The van der Waals surface area contributed by atoms with Crippen LogP contribution in [0, 0.1) is 0 Å². The Balaban J connectivity index is 1.37. The first-order valence-electron chi connectivity index (χ1n) is 11.7. The summed E-state index contributed by atoms with van der Waals surface area (Å²) in [4.78, 5) is 2.59. The first-order chi connectivity index (χ1) is 15.9. The van der Waals surface area contributed by atoms with Gasteiger partial charge in [-0.05, 0) is 64.9 Å². The minimum absolute atomic E-state index is 0.609. The Labute approximate surface area is 190 Å². The fourth-order valence-corrected chi connectivity index (χ4v) is 5.61. The highest BCUT2D eigenvalue weighted by atomic mass is 15.2. The lowest BCUT2D eigenvalue weighted by atomic mass is 9.95. The van der Waals surface area contributed by atoms with Crippen molar-refractivity contribution in [3.63, 3.8) is 0 Å². The van der Waals surface area contributed by atoms with E-state index >= 15 is 0 Å². The van der Waals surface area contributed by atoms with Crippen LogP contribution >= 0.6 is 0 Å². The molecule has 0 bridgehead atoms. The fourth-order valence-electron chi connectivity index (χ4n) is 5.61. The number of para-hydroxylation sites is 1. The maximum atomic E-state index is 2.59. The molecule has 0 N–H and O–H groups in total. The van der Waals surface area contributed by atoms with Crippen molar-refractivity contribution in [1.29, 1.82) is 0 Å². The molecule has 1 heteroatoms. The second kappa shape index (κ2) is 8.16. The third kappa shape index (κ3) is 3.35. The van der Waals surface area contributed by atoms with Crippen LogP contribution in [-0.4, -0.2) is 6.04 Å². The zero-order chi connectivity index (χ0) is 21.3. The number of hydrogen-bond acceptors (Lipinski definition) is 1. The van der Waals surface area contributed by atoms with Crippen LogP contribution in [0.5, 0.6) is 0 Å². The smallest absolute Gasteiger partial charge is 0.0449 e. The average Bonchev–Trinajstić information content (AvgIpc) is 3.45. The molecule has 0 spiro atoms. The lowest BCUT2D eigenvalue weighted by molar-refractivity contribution is 0.642. The van der Waals surface area contributed by atoms with Crippen LogP contribution in [0.4, 0.5) is 11.4 Å². The van der Waals surface area contributed by atoms with Crippen molar-refractivity contribution in [3.05, 3.63) is 131 Å². The SMILES string of the molecule is C(=C(c1ccccc1)c1ccccc1)c1ccc(N2c3ccccc3[C@@H]3CCC[C@@H]32)cc1. The molecule has 1 nitrogen and oxygen atoms in total. The number of hydrogen-bond donors (Lipinski definition) is 0. The Morgan fingerprint density at radius 3 is 1.97 bits per heavy atom. The summed E-state index contributed by atoms with van der Waals surface area (Å²) >= 11 is 0. The molecule has 1 aliphatic heterocycles. The van der Waals surface area contributed by atoms with E-state index in [0.717, 1.165) is 0 Å². The van der Waals surface area contributed by atoms with Gasteiger partial charge in [-0.25, -0.2) is 0 Å². The van der Waals surface area contributed by atoms with E-state index in [2.05, 4.69) is 120 Å². The molecule has 1 heterocycles. The molecule has 4 aromatic carbocycles. The Morgan fingerprint density at radius 1 is 0.656 bits per heavy atom. The monoisotopic (exact) mass is 413 g/mol. The topological polar surface area (TPSA) is 3.24 Å². The number of anilines is 2. The van der Waals surface area contributed by atoms with E-state index in [0.29, 0.717) is 12.0 Å². The van der Waals surface area contributed by atoms with E-state index in [9.17, 15) is 0 Å². The van der Waals surface area contributed by atoms with Gasteiger partial charge in [0.1, 0.15) is 0 Å². The van der Waals surface area contributed by atoms with Gasteiger partial charge in [-0.2, -0.15) is 0 Å². The predicted octanol–water partition coefficient (Wildman–Crippen LogP) is 8.06. The minimum Gasteiger partial charge on any atom is -0.338 e. The average molecular weight is 414 g/mol. The summed E-state index contributed by atoms with van der Waals surface area (Å²) in [5, 5.41) is 0. The zero-order valence-electron chi connectivity index (χ0n) is 18.2. The van der Waals surface area contributed by atoms with Crippen LogP contribution in [0.2, 0.25) is 0 Å². The molecule has 0 amide bonds. The maximum Gasteiger partial charge on any atom is 0.0449 e. The van der Waals surface area contributed by atoms with Crippen molar-refractivity contribution in [1.82, 2.24) is 0 Å². The zero-order valence-corrected chi connectivity index (χ0v) is 18.2. The van der Waals surface area contributed by atoms with Crippen LogP contribution in [-0.2, 0) is 0 Å². The molecular formula is C31H27N. The third-order valence-corrected chi connectivity index (χ3v) is 7.06. The Hall–Kier alpha value is -3.58. The highest BCUT2D eigenvalue weighted by molar-refractivity contribution is 5.91. The summed E-state index contributed by atoms with van der Waals surface area (Å²) in [5.74, 6) is 0.688. The van der Waals surface area contributed by atoms with Crippen LogP contribution in [0.25, 0.3) is 11.6 Å². The van der Waals surface area contributed by atoms with E-state index < -0.39 is 0 Å².